The third-order valence-corrected chi connectivity index (χ3v) is 10.4. The fourth-order valence-corrected chi connectivity index (χ4v) is 7.28. The van der Waals surface area contributed by atoms with Crippen LogP contribution in [0.5, 0.6) is 23.0 Å². The van der Waals surface area contributed by atoms with E-state index in [4.69, 9.17) is 65.4 Å². The third kappa shape index (κ3) is 17.5. The summed E-state index contributed by atoms with van der Waals surface area (Å²) in [5.74, 6) is 1.75. The summed E-state index contributed by atoms with van der Waals surface area (Å²) < 4.78 is 22.1. The summed E-state index contributed by atoms with van der Waals surface area (Å²) in [4.78, 5) is 42.3. The van der Waals surface area contributed by atoms with Gasteiger partial charge in [0.1, 0.15) is 5.76 Å². The van der Waals surface area contributed by atoms with Crippen LogP contribution in [0.4, 0.5) is 11.4 Å². The number of esters is 2. The summed E-state index contributed by atoms with van der Waals surface area (Å²) in [6.07, 6.45) is 9.97. The van der Waals surface area contributed by atoms with Crippen molar-refractivity contribution in [3.8, 4) is 23.0 Å². The number of hydrogen-bond acceptors (Lipinski definition) is 10. The van der Waals surface area contributed by atoms with Crippen LogP contribution in [0.3, 0.4) is 0 Å². The van der Waals surface area contributed by atoms with Gasteiger partial charge in [0.2, 0.25) is 0 Å². The standard InChI is InChI=1S/C49H54Cl4N2O8/c1-60-46-33-38(15-23-44(46)62-48(58)7-3-5-36-9-17-40(18-10-36)54(29-25-50)30-26-51)13-21-42(56)35-43(57)22-14-39-16-24-45(47(34-39)61-2)63-49(59)8-4-6-37-11-19-41(20-12-37)55(31-27-52)32-28-53/h9-24,33-35,56H,3-8,25-32H2,1-2H3/b21-13+,22-14+,42-35-. The van der Waals surface area contributed by atoms with E-state index in [9.17, 15) is 19.5 Å². The number of ketones is 1. The highest BCUT2D eigenvalue weighted by molar-refractivity contribution is 6.19. The van der Waals surface area contributed by atoms with E-state index in [1.807, 2.05) is 48.5 Å². The Balaban J connectivity index is 1.23. The molecule has 10 nitrogen and oxygen atoms in total. The first-order valence-electron chi connectivity index (χ1n) is 20.6. The lowest BCUT2D eigenvalue weighted by atomic mass is 10.1. The second kappa shape index (κ2) is 27.8. The zero-order chi connectivity index (χ0) is 45.4. The van der Waals surface area contributed by atoms with Gasteiger partial charge in [0.25, 0.3) is 0 Å². The third-order valence-electron chi connectivity index (χ3n) is 9.71. The van der Waals surface area contributed by atoms with Gasteiger partial charge in [-0.3, -0.25) is 14.4 Å². The van der Waals surface area contributed by atoms with Crippen molar-refractivity contribution in [1.29, 1.82) is 0 Å². The molecule has 4 rings (SSSR count). The van der Waals surface area contributed by atoms with Gasteiger partial charge in [-0.2, -0.15) is 0 Å². The quantitative estimate of drug-likeness (QED) is 0.0155. The van der Waals surface area contributed by atoms with Gasteiger partial charge in [-0.25, -0.2) is 0 Å². The van der Waals surface area contributed by atoms with Crippen LogP contribution in [0, 0.1) is 0 Å². The molecule has 1 N–H and O–H groups in total. The zero-order valence-electron chi connectivity index (χ0n) is 35.6. The first kappa shape index (κ1) is 50.5. The van der Waals surface area contributed by atoms with Crippen LogP contribution >= 0.6 is 46.4 Å². The van der Waals surface area contributed by atoms with Gasteiger partial charge in [0, 0.05) is 80.0 Å². The number of benzene rings is 4. The molecule has 0 saturated heterocycles. The molecule has 0 fully saturated rings. The van der Waals surface area contributed by atoms with Crippen molar-refractivity contribution < 1.29 is 38.4 Å². The highest BCUT2D eigenvalue weighted by atomic mass is 35.5. The summed E-state index contributed by atoms with van der Waals surface area (Å²) >= 11 is 23.7. The van der Waals surface area contributed by atoms with Crippen molar-refractivity contribution in [3.05, 3.63) is 131 Å². The van der Waals surface area contributed by atoms with Gasteiger partial charge in [-0.1, -0.05) is 48.6 Å². The SMILES string of the molecule is COc1cc(/C=C/C(=O)/C=C(O)/C=C/c2ccc(OC(=O)CCCc3ccc(N(CCCl)CCCl)cc3)c(OC)c2)ccc1OC(=O)CCCc1ccc(N(CCCl)CCCl)cc1. The van der Waals surface area contributed by atoms with Crippen LogP contribution < -0.4 is 28.7 Å². The Morgan fingerprint density at radius 3 is 1.33 bits per heavy atom. The summed E-state index contributed by atoms with van der Waals surface area (Å²) in [5, 5.41) is 10.4. The van der Waals surface area contributed by atoms with Crippen LogP contribution in [0.15, 0.2) is 109 Å². The van der Waals surface area contributed by atoms with Crippen molar-refractivity contribution in [2.45, 2.75) is 38.5 Å². The van der Waals surface area contributed by atoms with E-state index in [1.54, 1.807) is 48.6 Å². The fourth-order valence-electron chi connectivity index (χ4n) is 6.46. The highest BCUT2D eigenvalue weighted by Gasteiger charge is 2.14. The molecule has 336 valence electrons. The van der Waals surface area contributed by atoms with Gasteiger partial charge >= 0.3 is 11.9 Å². The molecule has 0 radical (unpaired) electrons. The minimum atomic E-state index is -0.461. The number of ether oxygens (including phenoxy) is 4. The normalized spacial score (nSPS) is 11.5. The van der Waals surface area contributed by atoms with Crippen molar-refractivity contribution >= 4 is 87.7 Å². The molecular weight excluding hydrogens is 886 g/mol. The number of aryl methyl sites for hydroxylation is 2. The molecule has 63 heavy (non-hydrogen) atoms. The maximum Gasteiger partial charge on any atom is 0.311 e. The molecule has 0 unspecified atom stereocenters. The predicted molar refractivity (Wildman–Crippen MR) is 257 cm³/mol. The second-order valence-electron chi connectivity index (χ2n) is 14.2. The van der Waals surface area contributed by atoms with Gasteiger partial charge in [-0.05, 0) is 109 Å². The molecule has 0 aromatic heterocycles. The largest absolute Gasteiger partial charge is 0.508 e. The zero-order valence-corrected chi connectivity index (χ0v) is 38.6. The van der Waals surface area contributed by atoms with Crippen molar-refractivity contribution in [2.75, 3.05) is 73.7 Å². The van der Waals surface area contributed by atoms with Gasteiger partial charge in [0.15, 0.2) is 28.8 Å². The van der Waals surface area contributed by atoms with E-state index in [0.29, 0.717) is 98.0 Å². The molecule has 4 aromatic rings. The maximum absolute atomic E-state index is 12.7. The van der Waals surface area contributed by atoms with E-state index < -0.39 is 5.78 Å². The number of nitrogens with zero attached hydrogens (tertiary/aromatic N) is 2. The molecule has 0 bridgehead atoms. The van der Waals surface area contributed by atoms with E-state index in [1.165, 1.54) is 26.4 Å². The Kier molecular flexibility index (Phi) is 22.3. The molecule has 0 aliphatic heterocycles. The summed E-state index contributed by atoms with van der Waals surface area (Å²) in [7, 11) is 2.93. The Morgan fingerprint density at radius 1 is 0.556 bits per heavy atom. The van der Waals surface area contributed by atoms with Crippen LogP contribution in [0.1, 0.15) is 47.9 Å². The number of methoxy groups -OCH3 is 2. The van der Waals surface area contributed by atoms with Crippen LogP contribution in [0.25, 0.3) is 12.2 Å². The highest BCUT2D eigenvalue weighted by Crippen LogP contribution is 2.31. The summed E-state index contributed by atoms with van der Waals surface area (Å²) in [5.41, 5.74) is 5.58. The number of carbonyl (C=O) groups excluding carboxylic acids is 3. The number of halogens is 4. The molecule has 0 aliphatic carbocycles. The van der Waals surface area contributed by atoms with E-state index in [-0.39, 0.29) is 42.0 Å². The van der Waals surface area contributed by atoms with Crippen LogP contribution in [0.2, 0.25) is 0 Å². The molecule has 0 heterocycles. The minimum Gasteiger partial charge on any atom is -0.508 e. The Bertz CT molecular complexity index is 2150. The minimum absolute atomic E-state index is 0.217. The smallest absolute Gasteiger partial charge is 0.311 e. The molecule has 0 saturated carbocycles. The number of anilines is 2. The number of hydrogen-bond donors (Lipinski definition) is 1. The number of carbonyl (C=O) groups is 3. The molecule has 0 aliphatic rings. The molecule has 14 heteroatoms. The van der Waals surface area contributed by atoms with Crippen molar-refractivity contribution in [1.82, 2.24) is 0 Å². The van der Waals surface area contributed by atoms with E-state index in [0.717, 1.165) is 28.6 Å². The van der Waals surface area contributed by atoms with Gasteiger partial charge in [-0.15, -0.1) is 46.4 Å². The van der Waals surface area contributed by atoms with E-state index in [2.05, 4.69) is 9.80 Å². The average Bonchev–Trinajstić information content (AvgIpc) is 3.28. The Labute approximate surface area is 390 Å². The lowest BCUT2D eigenvalue weighted by molar-refractivity contribution is -0.135. The average molecular weight is 941 g/mol. The van der Waals surface area contributed by atoms with Crippen LogP contribution in [-0.4, -0.2) is 86.7 Å². The number of aliphatic hydroxyl groups is 1. The first-order valence-corrected chi connectivity index (χ1v) is 22.7. The first-order chi connectivity index (χ1) is 30.6. The molecule has 0 atom stereocenters. The van der Waals surface area contributed by atoms with Crippen molar-refractivity contribution in [2.24, 2.45) is 0 Å². The predicted octanol–water partition coefficient (Wildman–Crippen LogP) is 10.9. The lowest BCUT2D eigenvalue weighted by Gasteiger charge is -2.23. The number of allylic oxidation sites excluding steroid dienone is 3. The second-order valence-corrected chi connectivity index (χ2v) is 15.7. The monoisotopic (exact) mass is 938 g/mol. The topological polar surface area (TPSA) is 115 Å². The molecule has 4 aromatic carbocycles. The number of aliphatic hydroxyl groups excluding tert-OH is 1. The Morgan fingerprint density at radius 2 is 0.952 bits per heavy atom. The fraction of sp³-hybridized carbons (Fsp3) is 0.327. The lowest BCUT2D eigenvalue weighted by Crippen LogP contribution is -2.27. The van der Waals surface area contributed by atoms with Gasteiger partial charge in [0.05, 0.1) is 14.2 Å². The summed E-state index contributed by atoms with van der Waals surface area (Å²) in [6.45, 7) is 2.85. The van der Waals surface area contributed by atoms with E-state index >= 15 is 0 Å². The summed E-state index contributed by atoms with van der Waals surface area (Å²) in [6, 6.07) is 26.2. The van der Waals surface area contributed by atoms with Crippen molar-refractivity contribution in [3.63, 3.8) is 0 Å². The van der Waals surface area contributed by atoms with Gasteiger partial charge < -0.3 is 33.9 Å². The molecule has 0 amide bonds. The number of alkyl halides is 4. The number of rotatable bonds is 27. The Hall–Kier alpha value is -5.13. The molecule has 0 spiro atoms. The van der Waals surface area contributed by atoms with Crippen LogP contribution in [-0.2, 0) is 27.2 Å². The maximum atomic E-state index is 12.7. The molecular formula is C49H54Cl4N2O8.